The largest absolute Gasteiger partial charge is 0.480 e. The predicted molar refractivity (Wildman–Crippen MR) is 113 cm³/mol. The molecule has 1 unspecified atom stereocenters. The second-order valence-electron chi connectivity index (χ2n) is 9.76. The number of hydrogen-bond donors (Lipinski definition) is 1. The maximum Gasteiger partial charge on any atom is 0.410 e. The van der Waals surface area contributed by atoms with Gasteiger partial charge in [-0.05, 0) is 51.7 Å². The lowest BCUT2D eigenvalue weighted by molar-refractivity contribution is -0.141. The van der Waals surface area contributed by atoms with E-state index in [0.29, 0.717) is 31.7 Å². The highest BCUT2D eigenvalue weighted by Crippen LogP contribution is 2.38. The second kappa shape index (κ2) is 8.74. The molecule has 0 aliphatic carbocycles. The van der Waals surface area contributed by atoms with Crippen molar-refractivity contribution < 1.29 is 23.9 Å². The Hall–Kier alpha value is -0.733. The van der Waals surface area contributed by atoms with E-state index >= 15 is 0 Å². The summed E-state index contributed by atoms with van der Waals surface area (Å²) in [6.45, 7) is 17.6. The average Bonchev–Trinajstić information content (AvgIpc) is 2.49. The molecule has 1 rings (SSSR count). The van der Waals surface area contributed by atoms with Crippen molar-refractivity contribution in [2.24, 2.45) is 0 Å². The van der Waals surface area contributed by atoms with Crippen LogP contribution in [0.5, 0.6) is 0 Å². The first-order chi connectivity index (χ1) is 12.1. The number of nitrogens with zero attached hydrogens (tertiary/aromatic N) is 1. The summed E-state index contributed by atoms with van der Waals surface area (Å²) in [6, 6.07) is 0. The van der Waals surface area contributed by atoms with Gasteiger partial charge in [-0.15, -0.1) is 11.8 Å². The van der Waals surface area contributed by atoms with Gasteiger partial charge in [0.1, 0.15) is 10.3 Å². The SMILES string of the molecule is CC(C)(C)OC(=O)N1CCCC(SCCO[Si](C)(C)C(C)(C)C)(C(=O)O)C1. The Kier molecular flexibility index (Phi) is 7.87. The number of amides is 1. The Bertz CT molecular complexity index is 541. The molecule has 6 nitrogen and oxygen atoms in total. The van der Waals surface area contributed by atoms with Crippen LogP contribution in [0.4, 0.5) is 4.79 Å². The van der Waals surface area contributed by atoms with Gasteiger partial charge in [-0.3, -0.25) is 4.79 Å². The molecule has 0 spiro atoms. The number of carboxylic acid groups (broad SMARTS) is 1. The van der Waals surface area contributed by atoms with E-state index in [1.807, 2.05) is 20.8 Å². The van der Waals surface area contributed by atoms with Crippen molar-refractivity contribution in [3.8, 4) is 0 Å². The number of thioether (sulfide) groups is 1. The van der Waals surface area contributed by atoms with Gasteiger partial charge in [0, 0.05) is 25.4 Å². The molecule has 0 aromatic heterocycles. The predicted octanol–water partition coefficient (Wildman–Crippen LogP) is 4.60. The highest BCUT2D eigenvalue weighted by Gasteiger charge is 2.45. The number of piperidine rings is 1. The minimum Gasteiger partial charge on any atom is -0.480 e. The zero-order valence-electron chi connectivity index (χ0n) is 18.2. The van der Waals surface area contributed by atoms with Crippen molar-refractivity contribution in [1.82, 2.24) is 4.90 Å². The first-order valence-electron chi connectivity index (χ1n) is 9.59. The molecule has 0 bridgehead atoms. The van der Waals surface area contributed by atoms with E-state index in [0.717, 1.165) is 0 Å². The summed E-state index contributed by atoms with van der Waals surface area (Å²) in [5, 5.41) is 10.0. The number of likely N-dealkylation sites (tertiary alicyclic amines) is 1. The topological polar surface area (TPSA) is 76.1 Å². The lowest BCUT2D eigenvalue weighted by Crippen LogP contribution is -2.54. The Morgan fingerprint density at radius 2 is 1.78 bits per heavy atom. The van der Waals surface area contributed by atoms with Gasteiger partial charge in [0.15, 0.2) is 8.32 Å². The smallest absolute Gasteiger partial charge is 0.410 e. The normalized spacial score (nSPS) is 21.9. The van der Waals surface area contributed by atoms with Gasteiger partial charge in [0.2, 0.25) is 0 Å². The van der Waals surface area contributed by atoms with E-state index < -0.39 is 30.7 Å². The molecule has 1 aliphatic heterocycles. The molecule has 1 atom stereocenters. The van der Waals surface area contributed by atoms with Gasteiger partial charge in [-0.1, -0.05) is 20.8 Å². The van der Waals surface area contributed by atoms with E-state index in [9.17, 15) is 14.7 Å². The molecule has 1 fully saturated rings. The Morgan fingerprint density at radius 1 is 1.19 bits per heavy atom. The molecule has 0 aromatic rings. The molecule has 1 heterocycles. The van der Waals surface area contributed by atoms with Gasteiger partial charge >= 0.3 is 12.1 Å². The molecule has 1 aliphatic rings. The monoisotopic (exact) mass is 419 g/mol. The highest BCUT2D eigenvalue weighted by atomic mass is 32.2. The fourth-order valence-corrected chi connectivity index (χ4v) is 5.02. The third kappa shape index (κ3) is 6.98. The van der Waals surface area contributed by atoms with Gasteiger partial charge in [-0.25, -0.2) is 4.79 Å². The van der Waals surface area contributed by atoms with Crippen molar-refractivity contribution in [3.05, 3.63) is 0 Å². The van der Waals surface area contributed by atoms with Crippen LogP contribution in [0.25, 0.3) is 0 Å². The minimum absolute atomic E-state index is 0.125. The molecule has 27 heavy (non-hydrogen) atoms. The third-order valence-corrected chi connectivity index (χ3v) is 11.2. The van der Waals surface area contributed by atoms with Crippen molar-refractivity contribution >= 4 is 32.1 Å². The lowest BCUT2D eigenvalue weighted by atomic mass is 9.97. The molecule has 1 N–H and O–H groups in total. The van der Waals surface area contributed by atoms with Crippen molar-refractivity contribution in [1.29, 1.82) is 0 Å². The fraction of sp³-hybridized carbons (Fsp3) is 0.895. The highest BCUT2D eigenvalue weighted by molar-refractivity contribution is 8.01. The van der Waals surface area contributed by atoms with Crippen molar-refractivity contribution in [2.45, 2.75) is 82.9 Å². The number of rotatable bonds is 6. The van der Waals surface area contributed by atoms with Crippen LogP contribution in [-0.2, 0) is 14.0 Å². The molecule has 1 amide bonds. The van der Waals surface area contributed by atoms with Crippen LogP contribution in [0.15, 0.2) is 0 Å². The van der Waals surface area contributed by atoms with Crippen LogP contribution in [0.2, 0.25) is 18.1 Å². The molecular formula is C19H37NO5SSi. The lowest BCUT2D eigenvalue weighted by Gasteiger charge is -2.40. The maximum atomic E-state index is 12.4. The molecule has 0 radical (unpaired) electrons. The molecular weight excluding hydrogens is 382 g/mol. The summed E-state index contributed by atoms with van der Waals surface area (Å²) in [4.78, 5) is 26.0. The molecule has 0 aromatic carbocycles. The Balaban J connectivity index is 2.70. The van der Waals surface area contributed by atoms with E-state index in [-0.39, 0.29) is 11.6 Å². The van der Waals surface area contributed by atoms with E-state index in [1.54, 1.807) is 0 Å². The number of carbonyl (C=O) groups excluding carboxylic acids is 1. The molecule has 0 saturated carbocycles. The number of carbonyl (C=O) groups is 2. The van der Waals surface area contributed by atoms with Crippen LogP contribution in [0.1, 0.15) is 54.4 Å². The number of aliphatic carboxylic acids is 1. The van der Waals surface area contributed by atoms with Gasteiger partial charge in [-0.2, -0.15) is 0 Å². The summed E-state index contributed by atoms with van der Waals surface area (Å²) in [5.74, 6) is -0.269. The van der Waals surface area contributed by atoms with Gasteiger partial charge in [0.05, 0.1) is 0 Å². The Labute approximate surface area is 169 Å². The molecule has 158 valence electrons. The van der Waals surface area contributed by atoms with Gasteiger partial charge in [0.25, 0.3) is 0 Å². The summed E-state index contributed by atoms with van der Waals surface area (Å²) in [5.41, 5.74) is -0.593. The van der Waals surface area contributed by atoms with Crippen molar-refractivity contribution in [2.75, 3.05) is 25.4 Å². The van der Waals surface area contributed by atoms with Gasteiger partial charge < -0.3 is 19.2 Å². The van der Waals surface area contributed by atoms with Crippen LogP contribution < -0.4 is 0 Å². The zero-order chi connectivity index (χ0) is 21.1. The number of hydrogen-bond acceptors (Lipinski definition) is 5. The zero-order valence-corrected chi connectivity index (χ0v) is 20.0. The van der Waals surface area contributed by atoms with E-state index in [1.165, 1.54) is 16.7 Å². The third-order valence-electron chi connectivity index (χ3n) is 5.23. The minimum atomic E-state index is -1.85. The van der Waals surface area contributed by atoms with Crippen LogP contribution >= 0.6 is 11.8 Å². The first kappa shape index (κ1) is 24.3. The average molecular weight is 420 g/mol. The number of ether oxygens (including phenoxy) is 1. The molecule has 1 saturated heterocycles. The quantitative estimate of drug-likeness (QED) is 0.501. The van der Waals surface area contributed by atoms with E-state index in [4.69, 9.17) is 9.16 Å². The summed E-state index contributed by atoms with van der Waals surface area (Å²) < 4.78 is 10.6. The summed E-state index contributed by atoms with van der Waals surface area (Å²) in [6.07, 6.45) is 0.763. The first-order valence-corrected chi connectivity index (χ1v) is 13.5. The second-order valence-corrected chi connectivity index (χ2v) is 16.0. The standard InChI is InChI=1S/C19H37NO5SSi/c1-17(2,3)25-16(23)20-11-9-10-19(14-20,15(21)22)26-13-12-24-27(7,8)18(4,5)6/h9-14H2,1-8H3,(H,21,22). The number of carboxylic acids is 1. The Morgan fingerprint density at radius 3 is 2.26 bits per heavy atom. The maximum absolute atomic E-state index is 12.4. The van der Waals surface area contributed by atoms with Crippen LogP contribution in [0.3, 0.4) is 0 Å². The summed E-state index contributed by atoms with van der Waals surface area (Å²) >= 11 is 1.39. The fourth-order valence-electron chi connectivity index (χ4n) is 2.61. The van der Waals surface area contributed by atoms with Crippen LogP contribution in [-0.4, -0.2) is 66.2 Å². The van der Waals surface area contributed by atoms with E-state index in [2.05, 4.69) is 33.9 Å². The molecule has 8 heteroatoms. The summed E-state index contributed by atoms with van der Waals surface area (Å²) in [7, 11) is -1.85. The van der Waals surface area contributed by atoms with Crippen LogP contribution in [0, 0.1) is 0 Å². The van der Waals surface area contributed by atoms with Crippen molar-refractivity contribution in [3.63, 3.8) is 0 Å².